The van der Waals surface area contributed by atoms with E-state index in [1.54, 1.807) is 19.1 Å². The molecule has 23 heavy (non-hydrogen) atoms. The van der Waals surface area contributed by atoms with Crippen LogP contribution in [-0.2, 0) is 4.74 Å². The van der Waals surface area contributed by atoms with Crippen molar-refractivity contribution in [1.29, 1.82) is 0 Å². The van der Waals surface area contributed by atoms with Crippen molar-refractivity contribution in [2.75, 3.05) is 32.7 Å². The molecule has 3 rings (SSSR count). The molecule has 1 aliphatic heterocycles. The molecular weight excluding hydrogens is 292 g/mol. The highest BCUT2D eigenvalue weighted by Crippen LogP contribution is 2.33. The van der Waals surface area contributed by atoms with Gasteiger partial charge in [-0.2, -0.15) is 0 Å². The zero-order valence-corrected chi connectivity index (χ0v) is 13.3. The average molecular weight is 312 g/mol. The van der Waals surface area contributed by atoms with E-state index in [4.69, 9.17) is 9.47 Å². The number of ether oxygens (including phenoxy) is 2. The molecule has 5 heteroatoms. The Bertz CT molecular complexity index is 702. The summed E-state index contributed by atoms with van der Waals surface area (Å²) in [5, 5.41) is 3.45. The van der Waals surface area contributed by atoms with Crippen LogP contribution in [0.5, 0.6) is 5.75 Å². The van der Waals surface area contributed by atoms with E-state index in [2.05, 4.69) is 5.32 Å². The van der Waals surface area contributed by atoms with Crippen molar-refractivity contribution in [3.05, 3.63) is 59.7 Å². The highest BCUT2D eigenvalue weighted by atomic mass is 16.5. The van der Waals surface area contributed by atoms with Crippen LogP contribution in [0.1, 0.15) is 22.1 Å². The molecule has 5 nitrogen and oxygen atoms in total. The van der Waals surface area contributed by atoms with E-state index < -0.39 is 0 Å². The first-order valence-electron chi connectivity index (χ1n) is 7.54. The van der Waals surface area contributed by atoms with E-state index in [1.807, 2.05) is 48.5 Å². The maximum Gasteiger partial charge on any atom is 0.257 e. The summed E-state index contributed by atoms with van der Waals surface area (Å²) in [6, 6.07) is 15.3. The Balaban J connectivity index is 2.00. The van der Waals surface area contributed by atoms with Crippen molar-refractivity contribution in [2.45, 2.75) is 6.17 Å². The van der Waals surface area contributed by atoms with Gasteiger partial charge in [0, 0.05) is 19.3 Å². The molecule has 120 valence electrons. The van der Waals surface area contributed by atoms with Gasteiger partial charge in [0.15, 0.2) is 0 Å². The predicted octanol–water partition coefficient (Wildman–Crippen LogP) is 2.91. The number of rotatable bonds is 5. The van der Waals surface area contributed by atoms with Gasteiger partial charge in [0.05, 0.1) is 19.3 Å². The van der Waals surface area contributed by atoms with Crippen molar-refractivity contribution in [3.8, 4) is 5.75 Å². The molecule has 0 spiro atoms. The number of nitrogens with one attached hydrogen (secondary N) is 1. The maximum absolute atomic E-state index is 12.9. The van der Waals surface area contributed by atoms with Crippen LogP contribution < -0.4 is 10.1 Å². The molecule has 1 unspecified atom stereocenters. The number of methoxy groups -OCH3 is 2. The fourth-order valence-electron chi connectivity index (χ4n) is 2.79. The van der Waals surface area contributed by atoms with Gasteiger partial charge in [-0.15, -0.1) is 0 Å². The van der Waals surface area contributed by atoms with E-state index in [9.17, 15) is 4.79 Å². The van der Waals surface area contributed by atoms with Gasteiger partial charge in [-0.3, -0.25) is 4.79 Å². The average Bonchev–Trinajstić information content (AvgIpc) is 2.61. The highest BCUT2D eigenvalue weighted by Gasteiger charge is 2.32. The Morgan fingerprint density at radius 1 is 1.13 bits per heavy atom. The molecule has 1 heterocycles. The molecule has 0 radical (unpaired) electrons. The third-order valence-corrected chi connectivity index (χ3v) is 3.97. The van der Waals surface area contributed by atoms with Crippen LogP contribution in [0.15, 0.2) is 48.5 Å². The standard InChI is InChI=1S/C18H20N2O3/c1-22-11-10-20-17(13-6-5-7-14(12-13)23-2)19-16-9-4-3-8-15(16)18(20)21/h3-9,12,17,19H,10-11H2,1-2H3. The first kappa shape index (κ1) is 15.4. The summed E-state index contributed by atoms with van der Waals surface area (Å²) in [4.78, 5) is 14.7. The molecule has 1 aliphatic rings. The zero-order chi connectivity index (χ0) is 16.2. The summed E-state index contributed by atoms with van der Waals surface area (Å²) in [6.45, 7) is 0.995. The third kappa shape index (κ3) is 3.00. The lowest BCUT2D eigenvalue weighted by Crippen LogP contribution is -2.44. The lowest BCUT2D eigenvalue weighted by atomic mass is 10.0. The number of hydrogen-bond donors (Lipinski definition) is 1. The molecule has 0 aromatic heterocycles. The van der Waals surface area contributed by atoms with Crippen molar-refractivity contribution in [3.63, 3.8) is 0 Å². The largest absolute Gasteiger partial charge is 0.497 e. The molecule has 2 aromatic carbocycles. The Kier molecular flexibility index (Phi) is 4.48. The topological polar surface area (TPSA) is 50.8 Å². The number of benzene rings is 2. The molecule has 0 bridgehead atoms. The smallest absolute Gasteiger partial charge is 0.257 e. The minimum atomic E-state index is -0.248. The molecular formula is C18H20N2O3. The fraction of sp³-hybridized carbons (Fsp3) is 0.278. The number of fused-ring (bicyclic) bond motifs is 1. The number of hydrogen-bond acceptors (Lipinski definition) is 4. The van der Waals surface area contributed by atoms with Crippen LogP contribution in [-0.4, -0.2) is 38.2 Å². The van der Waals surface area contributed by atoms with E-state index in [0.717, 1.165) is 17.0 Å². The minimum Gasteiger partial charge on any atom is -0.497 e. The summed E-state index contributed by atoms with van der Waals surface area (Å²) < 4.78 is 10.5. The first-order valence-corrected chi connectivity index (χ1v) is 7.54. The number of para-hydroxylation sites is 1. The lowest BCUT2D eigenvalue weighted by molar-refractivity contribution is 0.0609. The Labute approximate surface area is 135 Å². The molecule has 0 saturated heterocycles. The van der Waals surface area contributed by atoms with E-state index in [0.29, 0.717) is 18.7 Å². The minimum absolute atomic E-state index is 0.00391. The second-order valence-corrected chi connectivity index (χ2v) is 5.36. The number of carbonyl (C=O) groups excluding carboxylic acids is 1. The highest BCUT2D eigenvalue weighted by molar-refractivity contribution is 6.01. The molecule has 0 fully saturated rings. The van der Waals surface area contributed by atoms with Gasteiger partial charge in [-0.1, -0.05) is 24.3 Å². The van der Waals surface area contributed by atoms with Gasteiger partial charge < -0.3 is 19.7 Å². The second-order valence-electron chi connectivity index (χ2n) is 5.36. The van der Waals surface area contributed by atoms with Crippen molar-refractivity contribution in [2.24, 2.45) is 0 Å². The summed E-state index contributed by atoms with van der Waals surface area (Å²) in [6.07, 6.45) is -0.248. The summed E-state index contributed by atoms with van der Waals surface area (Å²) in [5.41, 5.74) is 2.50. The molecule has 1 amide bonds. The number of nitrogens with zero attached hydrogens (tertiary/aromatic N) is 1. The maximum atomic E-state index is 12.9. The van der Waals surface area contributed by atoms with E-state index in [1.165, 1.54) is 0 Å². The van der Waals surface area contributed by atoms with Gasteiger partial charge in [-0.05, 0) is 29.8 Å². The quantitative estimate of drug-likeness (QED) is 0.922. The normalized spacial score (nSPS) is 16.7. The lowest BCUT2D eigenvalue weighted by Gasteiger charge is -2.38. The monoisotopic (exact) mass is 312 g/mol. The summed E-state index contributed by atoms with van der Waals surface area (Å²) in [5.74, 6) is 0.770. The zero-order valence-electron chi connectivity index (χ0n) is 13.3. The third-order valence-electron chi connectivity index (χ3n) is 3.97. The van der Waals surface area contributed by atoms with Gasteiger partial charge in [0.2, 0.25) is 0 Å². The molecule has 0 aliphatic carbocycles. The van der Waals surface area contributed by atoms with Crippen molar-refractivity contribution >= 4 is 11.6 Å². The van der Waals surface area contributed by atoms with Crippen LogP contribution in [0.3, 0.4) is 0 Å². The molecule has 0 saturated carbocycles. The fourth-order valence-corrected chi connectivity index (χ4v) is 2.79. The van der Waals surface area contributed by atoms with Crippen molar-refractivity contribution < 1.29 is 14.3 Å². The van der Waals surface area contributed by atoms with Crippen LogP contribution >= 0.6 is 0 Å². The van der Waals surface area contributed by atoms with Crippen LogP contribution in [0.4, 0.5) is 5.69 Å². The van der Waals surface area contributed by atoms with Gasteiger partial charge in [0.25, 0.3) is 5.91 Å². The molecule has 1 atom stereocenters. The number of anilines is 1. The van der Waals surface area contributed by atoms with Gasteiger partial charge in [-0.25, -0.2) is 0 Å². The van der Waals surface area contributed by atoms with Gasteiger partial charge in [0.1, 0.15) is 11.9 Å². The SMILES string of the molecule is COCCN1C(=O)c2ccccc2NC1c1cccc(OC)c1. The van der Waals surface area contributed by atoms with E-state index >= 15 is 0 Å². The first-order chi connectivity index (χ1) is 11.2. The number of amides is 1. The Morgan fingerprint density at radius 3 is 2.74 bits per heavy atom. The van der Waals surface area contributed by atoms with Gasteiger partial charge >= 0.3 is 0 Å². The molecule has 1 N–H and O–H groups in total. The van der Waals surface area contributed by atoms with Crippen LogP contribution in [0.2, 0.25) is 0 Å². The second kappa shape index (κ2) is 6.71. The van der Waals surface area contributed by atoms with Crippen molar-refractivity contribution in [1.82, 2.24) is 4.90 Å². The summed E-state index contributed by atoms with van der Waals surface area (Å²) in [7, 11) is 3.27. The summed E-state index contributed by atoms with van der Waals surface area (Å²) >= 11 is 0. The number of carbonyl (C=O) groups is 1. The Hall–Kier alpha value is -2.53. The van der Waals surface area contributed by atoms with Crippen LogP contribution in [0, 0.1) is 0 Å². The predicted molar refractivity (Wildman–Crippen MR) is 88.7 cm³/mol. The van der Waals surface area contributed by atoms with Crippen LogP contribution in [0.25, 0.3) is 0 Å². The Morgan fingerprint density at radius 2 is 1.96 bits per heavy atom. The molecule has 2 aromatic rings. The van der Waals surface area contributed by atoms with E-state index in [-0.39, 0.29) is 12.1 Å².